The molecule has 1 heterocycles. The lowest BCUT2D eigenvalue weighted by Gasteiger charge is -2.37. The van der Waals surface area contributed by atoms with Crippen molar-refractivity contribution in [3.05, 3.63) is 69.5 Å². The predicted molar refractivity (Wildman–Crippen MR) is 90.4 cm³/mol. The average molecular weight is 332 g/mol. The highest BCUT2D eigenvalue weighted by molar-refractivity contribution is 6.33. The first-order chi connectivity index (χ1) is 11.0. The van der Waals surface area contributed by atoms with Gasteiger partial charge in [-0.05, 0) is 43.0 Å². The van der Waals surface area contributed by atoms with Crippen LogP contribution >= 0.6 is 11.6 Å². The number of hydrogen-bond donors (Lipinski definition) is 0. The Balaban J connectivity index is 2.00. The number of carbonyl (C=O) groups excluding carboxylic acids is 1. The molecule has 2 nitrogen and oxygen atoms in total. The van der Waals surface area contributed by atoms with Crippen molar-refractivity contribution in [3.63, 3.8) is 0 Å². The lowest BCUT2D eigenvalue weighted by Crippen LogP contribution is -2.40. The summed E-state index contributed by atoms with van der Waals surface area (Å²) in [6.45, 7) is 4.69. The maximum absolute atomic E-state index is 14.1. The van der Waals surface area contributed by atoms with Gasteiger partial charge in [0.05, 0.1) is 16.6 Å². The van der Waals surface area contributed by atoms with E-state index >= 15 is 0 Å². The lowest BCUT2D eigenvalue weighted by molar-refractivity contribution is 0.0651. The summed E-state index contributed by atoms with van der Waals surface area (Å²) in [7, 11) is 0. The summed E-state index contributed by atoms with van der Waals surface area (Å²) in [5.41, 5.74) is 3.63. The van der Waals surface area contributed by atoms with E-state index in [-0.39, 0.29) is 22.5 Å². The van der Waals surface area contributed by atoms with Crippen LogP contribution in [0, 0.1) is 12.7 Å². The van der Waals surface area contributed by atoms with Crippen LogP contribution in [0.2, 0.25) is 5.02 Å². The first kappa shape index (κ1) is 16.0. The fraction of sp³-hybridized carbons (Fsp3) is 0.316. The van der Waals surface area contributed by atoms with Crippen LogP contribution in [0.3, 0.4) is 0 Å². The summed E-state index contributed by atoms with van der Waals surface area (Å²) in [5, 5.41) is 0.166. The van der Waals surface area contributed by atoms with Gasteiger partial charge in [0.1, 0.15) is 5.82 Å². The molecule has 0 aliphatic carbocycles. The molecule has 0 aromatic heterocycles. The average Bonchev–Trinajstić information content (AvgIpc) is 2.53. The molecular formula is C19H19ClFNO. The molecule has 3 rings (SSSR count). The monoisotopic (exact) mass is 331 g/mol. The van der Waals surface area contributed by atoms with Crippen molar-refractivity contribution in [1.29, 1.82) is 0 Å². The molecule has 0 N–H and O–H groups in total. The van der Waals surface area contributed by atoms with E-state index in [2.05, 4.69) is 25.1 Å². The highest BCUT2D eigenvalue weighted by Gasteiger charge is 2.32. The van der Waals surface area contributed by atoms with Crippen LogP contribution in [0.4, 0.5) is 4.39 Å². The van der Waals surface area contributed by atoms with Crippen molar-refractivity contribution in [2.75, 3.05) is 6.54 Å². The van der Waals surface area contributed by atoms with E-state index in [1.807, 2.05) is 6.92 Å². The van der Waals surface area contributed by atoms with Crippen LogP contribution in [0.15, 0.2) is 36.4 Å². The Morgan fingerprint density at radius 3 is 2.83 bits per heavy atom. The number of fused-ring (bicyclic) bond motifs is 1. The van der Waals surface area contributed by atoms with Gasteiger partial charge in [-0.2, -0.15) is 0 Å². The molecule has 2 aromatic carbocycles. The number of benzene rings is 2. The molecule has 0 radical (unpaired) electrons. The summed E-state index contributed by atoms with van der Waals surface area (Å²) >= 11 is 6.07. The van der Waals surface area contributed by atoms with Crippen molar-refractivity contribution in [2.45, 2.75) is 32.7 Å². The maximum Gasteiger partial charge on any atom is 0.258 e. The van der Waals surface area contributed by atoms with Gasteiger partial charge < -0.3 is 4.90 Å². The van der Waals surface area contributed by atoms with E-state index < -0.39 is 5.82 Å². The number of aryl methyl sites for hydroxylation is 1. The molecule has 120 valence electrons. The minimum absolute atomic E-state index is 0.0248. The minimum atomic E-state index is -0.563. The summed E-state index contributed by atoms with van der Waals surface area (Å²) in [4.78, 5) is 14.6. The van der Waals surface area contributed by atoms with Crippen molar-refractivity contribution in [1.82, 2.24) is 4.90 Å². The summed E-state index contributed by atoms with van der Waals surface area (Å²) < 4.78 is 14.1. The van der Waals surface area contributed by atoms with E-state index in [1.165, 1.54) is 23.3 Å². The molecule has 2 aromatic rings. The lowest BCUT2D eigenvalue weighted by atomic mass is 9.89. The Bertz CT molecular complexity index is 739. The molecule has 1 unspecified atom stereocenters. The first-order valence-corrected chi connectivity index (χ1v) is 8.25. The van der Waals surface area contributed by atoms with Crippen LogP contribution in [0.1, 0.15) is 46.4 Å². The fourth-order valence-corrected chi connectivity index (χ4v) is 3.61. The van der Waals surface area contributed by atoms with E-state index in [9.17, 15) is 9.18 Å². The first-order valence-electron chi connectivity index (χ1n) is 7.87. The molecule has 0 saturated carbocycles. The van der Waals surface area contributed by atoms with Gasteiger partial charge in [0.2, 0.25) is 0 Å². The van der Waals surface area contributed by atoms with Crippen LogP contribution < -0.4 is 0 Å². The van der Waals surface area contributed by atoms with Gasteiger partial charge in [-0.25, -0.2) is 4.39 Å². The fourth-order valence-electron chi connectivity index (χ4n) is 3.37. The van der Waals surface area contributed by atoms with Gasteiger partial charge in [0.25, 0.3) is 5.91 Å². The van der Waals surface area contributed by atoms with Crippen molar-refractivity contribution < 1.29 is 9.18 Å². The molecule has 0 bridgehead atoms. The van der Waals surface area contributed by atoms with E-state index in [1.54, 1.807) is 11.0 Å². The third kappa shape index (κ3) is 2.86. The summed E-state index contributed by atoms with van der Waals surface area (Å²) in [6.07, 6.45) is 1.57. The molecule has 0 fully saturated rings. The van der Waals surface area contributed by atoms with Gasteiger partial charge in [0, 0.05) is 6.54 Å². The number of amides is 1. The molecule has 1 aliphatic rings. The molecule has 1 amide bonds. The molecule has 0 spiro atoms. The van der Waals surface area contributed by atoms with E-state index in [4.69, 9.17) is 11.6 Å². The number of halogens is 2. The number of carbonyl (C=O) groups is 1. The van der Waals surface area contributed by atoms with Crippen molar-refractivity contribution in [2.24, 2.45) is 0 Å². The van der Waals surface area contributed by atoms with Crippen LogP contribution in [-0.2, 0) is 6.42 Å². The highest BCUT2D eigenvalue weighted by Crippen LogP contribution is 2.35. The topological polar surface area (TPSA) is 20.3 Å². The third-order valence-corrected chi connectivity index (χ3v) is 4.79. The Morgan fingerprint density at radius 1 is 1.35 bits per heavy atom. The maximum atomic E-state index is 14.1. The van der Waals surface area contributed by atoms with Gasteiger partial charge >= 0.3 is 0 Å². The highest BCUT2D eigenvalue weighted by atomic mass is 35.5. The molecular weight excluding hydrogens is 313 g/mol. The SMILES string of the molecule is CCC1c2ccc(C)cc2CCN1C(=O)c1c(F)cccc1Cl. The molecule has 1 atom stereocenters. The van der Waals surface area contributed by atoms with Gasteiger partial charge in [-0.15, -0.1) is 0 Å². The van der Waals surface area contributed by atoms with Gasteiger partial charge in [-0.3, -0.25) is 4.79 Å². The number of nitrogens with zero attached hydrogens (tertiary/aromatic N) is 1. The smallest absolute Gasteiger partial charge is 0.258 e. The quantitative estimate of drug-likeness (QED) is 0.763. The summed E-state index contributed by atoms with van der Waals surface area (Å²) in [6, 6.07) is 10.6. The predicted octanol–water partition coefficient (Wildman–Crippen LogP) is 4.94. The van der Waals surface area contributed by atoms with Crippen molar-refractivity contribution in [3.8, 4) is 0 Å². The number of hydrogen-bond acceptors (Lipinski definition) is 1. The molecule has 4 heteroatoms. The summed E-state index contributed by atoms with van der Waals surface area (Å²) in [5.74, 6) is -0.891. The van der Waals surface area contributed by atoms with Crippen LogP contribution in [-0.4, -0.2) is 17.4 Å². The van der Waals surface area contributed by atoms with Crippen molar-refractivity contribution >= 4 is 17.5 Å². The zero-order valence-corrected chi connectivity index (χ0v) is 14.0. The minimum Gasteiger partial charge on any atom is -0.331 e. The standard InChI is InChI=1S/C19H19ClFNO/c1-3-17-14-8-7-12(2)11-13(14)9-10-22(17)19(23)18-15(20)5-4-6-16(18)21/h4-8,11,17H,3,9-10H2,1-2H3. The Kier molecular flexibility index (Phi) is 4.40. The van der Waals surface area contributed by atoms with E-state index in [0.717, 1.165) is 18.4 Å². The van der Waals surface area contributed by atoms with E-state index in [0.29, 0.717) is 6.54 Å². The Hall–Kier alpha value is -1.87. The normalized spacial score (nSPS) is 17.0. The van der Waals surface area contributed by atoms with Crippen LogP contribution in [0.5, 0.6) is 0 Å². The third-order valence-electron chi connectivity index (χ3n) is 4.48. The second kappa shape index (κ2) is 6.32. The van der Waals surface area contributed by atoms with Gasteiger partial charge in [0.15, 0.2) is 0 Å². The molecule has 0 saturated heterocycles. The zero-order chi connectivity index (χ0) is 16.6. The Morgan fingerprint density at radius 2 is 2.13 bits per heavy atom. The second-order valence-corrected chi connectivity index (χ2v) is 6.38. The number of rotatable bonds is 2. The zero-order valence-electron chi connectivity index (χ0n) is 13.3. The Labute approximate surface area is 140 Å². The molecule has 23 heavy (non-hydrogen) atoms. The molecule has 1 aliphatic heterocycles. The largest absolute Gasteiger partial charge is 0.331 e. The van der Waals surface area contributed by atoms with Crippen LogP contribution in [0.25, 0.3) is 0 Å². The van der Waals surface area contributed by atoms with Gasteiger partial charge in [-0.1, -0.05) is 48.4 Å². The second-order valence-electron chi connectivity index (χ2n) is 5.97.